The lowest BCUT2D eigenvalue weighted by Crippen LogP contribution is -2.34. The molecule has 1 aliphatic rings. The molecule has 1 aromatic carbocycles. The fourth-order valence-corrected chi connectivity index (χ4v) is 2.87. The van der Waals surface area contributed by atoms with E-state index in [2.05, 4.69) is 52.0 Å². The number of ether oxygens (including phenoxy) is 1. The quantitative estimate of drug-likeness (QED) is 0.703. The Morgan fingerprint density at radius 1 is 1.24 bits per heavy atom. The van der Waals surface area contributed by atoms with E-state index in [9.17, 15) is 4.79 Å². The van der Waals surface area contributed by atoms with Gasteiger partial charge in [-0.25, -0.2) is 0 Å². The van der Waals surface area contributed by atoms with Crippen LogP contribution in [0.15, 0.2) is 30.3 Å². The fraction of sp³-hybridized carbons (Fsp3) is 0.632. The summed E-state index contributed by atoms with van der Waals surface area (Å²) in [6.45, 7) is 9.43. The maximum Gasteiger partial charge on any atom is 0.308 e. The van der Waals surface area contributed by atoms with Crippen LogP contribution in [0.3, 0.4) is 0 Å². The van der Waals surface area contributed by atoms with Crippen LogP contribution in [0.25, 0.3) is 0 Å². The zero-order valence-electron chi connectivity index (χ0n) is 13.8. The molecule has 21 heavy (non-hydrogen) atoms. The standard InChI is InChI=1S/C19H28O2/c1-14(16-9-6-5-7-10-16)15(2)19(3,4)13-21-18(20)17-11-8-12-17/h5-7,9-10,14-15,17H,8,11-13H2,1-4H3/t14-,15-/m0/s1. The van der Waals surface area contributed by atoms with Gasteiger partial charge in [-0.05, 0) is 30.2 Å². The molecule has 0 spiro atoms. The van der Waals surface area contributed by atoms with E-state index >= 15 is 0 Å². The van der Waals surface area contributed by atoms with Crippen molar-refractivity contribution in [1.82, 2.24) is 0 Å². The molecular weight excluding hydrogens is 260 g/mol. The predicted octanol–water partition coefficient (Wildman–Crippen LogP) is 4.80. The Morgan fingerprint density at radius 3 is 2.38 bits per heavy atom. The Labute approximate surface area is 128 Å². The molecule has 0 saturated heterocycles. The minimum absolute atomic E-state index is 0.00823. The first-order valence-corrected chi connectivity index (χ1v) is 8.13. The van der Waals surface area contributed by atoms with Gasteiger partial charge >= 0.3 is 5.97 Å². The SMILES string of the molecule is C[C@H](c1ccccc1)[C@H](C)C(C)(C)COC(=O)C1CCC1. The number of carbonyl (C=O) groups excluding carboxylic acids is 1. The van der Waals surface area contributed by atoms with Crippen LogP contribution in [-0.4, -0.2) is 12.6 Å². The molecule has 1 aliphatic carbocycles. The van der Waals surface area contributed by atoms with Gasteiger partial charge in [-0.2, -0.15) is 0 Å². The molecule has 0 bridgehead atoms. The van der Waals surface area contributed by atoms with Crippen LogP contribution in [0.2, 0.25) is 0 Å². The highest BCUT2D eigenvalue weighted by molar-refractivity contribution is 5.73. The van der Waals surface area contributed by atoms with Crippen LogP contribution in [0.1, 0.15) is 58.4 Å². The van der Waals surface area contributed by atoms with Crippen LogP contribution in [0.5, 0.6) is 0 Å². The minimum Gasteiger partial charge on any atom is -0.465 e. The zero-order chi connectivity index (χ0) is 15.5. The summed E-state index contributed by atoms with van der Waals surface area (Å²) < 4.78 is 5.58. The van der Waals surface area contributed by atoms with Crippen molar-refractivity contribution in [3.8, 4) is 0 Å². The van der Waals surface area contributed by atoms with Crippen molar-refractivity contribution >= 4 is 5.97 Å². The summed E-state index contributed by atoms with van der Waals surface area (Å²) in [6, 6.07) is 10.6. The maximum atomic E-state index is 11.9. The van der Waals surface area contributed by atoms with E-state index in [-0.39, 0.29) is 17.3 Å². The van der Waals surface area contributed by atoms with Gasteiger partial charge in [0.1, 0.15) is 0 Å². The number of hydrogen-bond donors (Lipinski definition) is 0. The first-order chi connectivity index (χ1) is 9.92. The van der Waals surface area contributed by atoms with E-state index in [1.54, 1.807) is 0 Å². The van der Waals surface area contributed by atoms with Crippen molar-refractivity contribution < 1.29 is 9.53 Å². The highest BCUT2D eigenvalue weighted by Gasteiger charge is 2.34. The normalized spacial score (nSPS) is 18.7. The third-order valence-electron chi connectivity index (χ3n) is 5.33. The Bertz CT molecular complexity index is 460. The lowest BCUT2D eigenvalue weighted by Gasteiger charge is -2.36. The van der Waals surface area contributed by atoms with Crippen molar-refractivity contribution in [2.75, 3.05) is 6.61 Å². The van der Waals surface area contributed by atoms with Gasteiger partial charge in [-0.3, -0.25) is 4.79 Å². The molecule has 0 N–H and O–H groups in total. The van der Waals surface area contributed by atoms with Gasteiger partial charge < -0.3 is 4.74 Å². The lowest BCUT2D eigenvalue weighted by atomic mass is 9.72. The molecule has 0 aromatic heterocycles. The maximum absolute atomic E-state index is 11.9. The number of benzene rings is 1. The van der Waals surface area contributed by atoms with Crippen LogP contribution < -0.4 is 0 Å². The van der Waals surface area contributed by atoms with Gasteiger partial charge in [0.25, 0.3) is 0 Å². The second kappa shape index (κ2) is 6.64. The summed E-state index contributed by atoms with van der Waals surface area (Å²) >= 11 is 0. The van der Waals surface area contributed by atoms with E-state index in [1.165, 1.54) is 12.0 Å². The topological polar surface area (TPSA) is 26.3 Å². The third-order valence-corrected chi connectivity index (χ3v) is 5.33. The number of rotatable bonds is 6. The first kappa shape index (κ1) is 16.1. The van der Waals surface area contributed by atoms with Crippen molar-refractivity contribution in [1.29, 1.82) is 0 Å². The fourth-order valence-electron chi connectivity index (χ4n) is 2.87. The Balaban J connectivity index is 1.92. The molecule has 1 saturated carbocycles. The molecule has 1 fully saturated rings. The van der Waals surface area contributed by atoms with Gasteiger partial charge in [0.15, 0.2) is 0 Å². The van der Waals surface area contributed by atoms with Gasteiger partial charge in [0.2, 0.25) is 0 Å². The van der Waals surface area contributed by atoms with Crippen LogP contribution >= 0.6 is 0 Å². The average Bonchev–Trinajstić information content (AvgIpc) is 2.43. The summed E-state index contributed by atoms with van der Waals surface area (Å²) in [5.74, 6) is 1.06. The molecule has 116 valence electrons. The minimum atomic E-state index is -0.0192. The van der Waals surface area contributed by atoms with Gasteiger partial charge in [0, 0.05) is 5.41 Å². The largest absolute Gasteiger partial charge is 0.465 e. The second-order valence-electron chi connectivity index (χ2n) is 7.21. The smallest absolute Gasteiger partial charge is 0.308 e. The van der Waals surface area contributed by atoms with Gasteiger partial charge in [-0.15, -0.1) is 0 Å². The zero-order valence-corrected chi connectivity index (χ0v) is 13.8. The molecule has 0 heterocycles. The monoisotopic (exact) mass is 288 g/mol. The molecule has 2 rings (SSSR count). The number of hydrogen-bond acceptors (Lipinski definition) is 2. The molecule has 0 amide bonds. The molecule has 1 aromatic rings. The van der Waals surface area contributed by atoms with Crippen molar-refractivity contribution in [3.05, 3.63) is 35.9 Å². The Kier molecular flexibility index (Phi) is 5.08. The first-order valence-electron chi connectivity index (χ1n) is 8.13. The Hall–Kier alpha value is -1.31. The molecular formula is C19H28O2. The van der Waals surface area contributed by atoms with Crippen LogP contribution in [-0.2, 0) is 9.53 Å². The number of esters is 1. The Morgan fingerprint density at radius 2 is 1.86 bits per heavy atom. The molecule has 0 radical (unpaired) electrons. The van der Waals surface area contributed by atoms with Crippen molar-refractivity contribution in [2.24, 2.45) is 17.3 Å². The van der Waals surface area contributed by atoms with E-state index in [0.29, 0.717) is 18.4 Å². The van der Waals surface area contributed by atoms with E-state index in [1.807, 2.05) is 6.07 Å². The van der Waals surface area contributed by atoms with E-state index in [4.69, 9.17) is 4.74 Å². The van der Waals surface area contributed by atoms with Crippen molar-refractivity contribution in [2.45, 2.75) is 52.9 Å². The summed E-state index contributed by atoms with van der Waals surface area (Å²) in [5, 5.41) is 0. The summed E-state index contributed by atoms with van der Waals surface area (Å²) in [7, 11) is 0. The van der Waals surface area contributed by atoms with Gasteiger partial charge in [0.05, 0.1) is 12.5 Å². The molecule has 2 heteroatoms. The lowest BCUT2D eigenvalue weighted by molar-refractivity contribution is -0.155. The summed E-state index contributed by atoms with van der Waals surface area (Å²) in [6.07, 6.45) is 3.19. The molecule has 0 aliphatic heterocycles. The molecule has 2 nitrogen and oxygen atoms in total. The second-order valence-corrected chi connectivity index (χ2v) is 7.21. The molecule has 2 atom stereocenters. The highest BCUT2D eigenvalue weighted by atomic mass is 16.5. The van der Waals surface area contributed by atoms with E-state index < -0.39 is 0 Å². The average molecular weight is 288 g/mol. The van der Waals surface area contributed by atoms with Gasteiger partial charge in [-0.1, -0.05) is 64.4 Å². The van der Waals surface area contributed by atoms with E-state index in [0.717, 1.165) is 12.8 Å². The summed E-state index contributed by atoms with van der Waals surface area (Å²) in [5.41, 5.74) is 1.33. The third kappa shape index (κ3) is 3.87. The van der Waals surface area contributed by atoms with Crippen LogP contribution in [0.4, 0.5) is 0 Å². The van der Waals surface area contributed by atoms with Crippen LogP contribution in [0, 0.1) is 17.3 Å². The number of carbonyl (C=O) groups is 1. The summed E-state index contributed by atoms with van der Waals surface area (Å²) in [4.78, 5) is 11.9. The van der Waals surface area contributed by atoms with Crippen molar-refractivity contribution in [3.63, 3.8) is 0 Å². The highest BCUT2D eigenvalue weighted by Crippen LogP contribution is 2.38. The molecule has 0 unspecified atom stereocenters. The predicted molar refractivity (Wildman–Crippen MR) is 86.1 cm³/mol.